The fourth-order valence-electron chi connectivity index (χ4n) is 2.81. The molecule has 1 N–H and O–H groups in total. The molecule has 1 aliphatic heterocycles. The van der Waals surface area contributed by atoms with Crippen LogP contribution < -0.4 is 5.32 Å². The number of hydrogen-bond donors (Lipinski definition) is 1. The van der Waals surface area contributed by atoms with Crippen LogP contribution in [0.3, 0.4) is 0 Å². The van der Waals surface area contributed by atoms with Crippen LogP contribution in [0, 0.1) is 5.92 Å². The number of hydrogen-bond acceptors (Lipinski definition) is 2. The highest BCUT2D eigenvalue weighted by molar-refractivity contribution is 5.80. The van der Waals surface area contributed by atoms with Crippen molar-refractivity contribution in [3.63, 3.8) is 0 Å². The van der Waals surface area contributed by atoms with Crippen molar-refractivity contribution in [3.05, 3.63) is 18.7 Å². The van der Waals surface area contributed by atoms with Crippen LogP contribution >= 0.6 is 0 Å². The molecular weight excluding hydrogens is 307 g/mol. The van der Waals surface area contributed by atoms with E-state index >= 15 is 0 Å². The summed E-state index contributed by atoms with van der Waals surface area (Å²) in [4.78, 5) is 10.3. The minimum Gasteiger partial charge on any atom is -0.357 e. The molecule has 0 aromatic carbocycles. The largest absolute Gasteiger partial charge is 0.390 e. The van der Waals surface area contributed by atoms with Crippen LogP contribution in [-0.4, -0.2) is 52.8 Å². The molecule has 0 spiro atoms. The molecule has 2 rings (SSSR count). The van der Waals surface area contributed by atoms with Gasteiger partial charge in [-0.2, -0.15) is 13.2 Å². The van der Waals surface area contributed by atoms with E-state index in [1.807, 2.05) is 18.0 Å². The third-order valence-electron chi connectivity index (χ3n) is 4.12. The fraction of sp³-hybridized carbons (Fsp3) is 0.733. The average Bonchev–Trinajstić information content (AvgIpc) is 3.00. The number of imidazole rings is 1. The van der Waals surface area contributed by atoms with Crippen molar-refractivity contribution in [2.75, 3.05) is 26.2 Å². The van der Waals surface area contributed by atoms with Gasteiger partial charge < -0.3 is 14.8 Å². The number of aromatic nitrogens is 2. The second-order valence-electron chi connectivity index (χ2n) is 5.89. The van der Waals surface area contributed by atoms with Gasteiger partial charge in [0.25, 0.3) is 0 Å². The van der Waals surface area contributed by atoms with Crippen molar-refractivity contribution in [1.29, 1.82) is 0 Å². The maximum atomic E-state index is 12.3. The third-order valence-corrected chi connectivity index (χ3v) is 4.12. The van der Waals surface area contributed by atoms with E-state index in [1.54, 1.807) is 12.5 Å². The van der Waals surface area contributed by atoms with Crippen LogP contribution in [0.4, 0.5) is 13.2 Å². The Bertz CT molecular complexity index is 498. The number of halogens is 3. The Morgan fingerprint density at radius 2 is 2.22 bits per heavy atom. The lowest BCUT2D eigenvalue weighted by Gasteiger charge is -2.39. The molecule has 1 saturated heterocycles. The highest BCUT2D eigenvalue weighted by atomic mass is 19.4. The number of nitrogens with zero attached hydrogens (tertiary/aromatic N) is 4. The van der Waals surface area contributed by atoms with Crippen molar-refractivity contribution in [1.82, 2.24) is 19.8 Å². The molecule has 1 aromatic rings. The Labute approximate surface area is 134 Å². The number of aliphatic imine (C=N–C) groups is 1. The van der Waals surface area contributed by atoms with Gasteiger partial charge in [-0.25, -0.2) is 4.98 Å². The van der Waals surface area contributed by atoms with Gasteiger partial charge >= 0.3 is 6.18 Å². The van der Waals surface area contributed by atoms with Crippen LogP contribution in [0.1, 0.15) is 32.7 Å². The van der Waals surface area contributed by atoms with Gasteiger partial charge in [0.1, 0.15) is 0 Å². The lowest BCUT2D eigenvalue weighted by molar-refractivity contribution is -0.132. The van der Waals surface area contributed by atoms with E-state index < -0.39 is 12.6 Å². The molecule has 0 amide bonds. The predicted molar refractivity (Wildman–Crippen MR) is 83.3 cm³/mol. The first-order chi connectivity index (χ1) is 10.9. The molecule has 2 heterocycles. The highest BCUT2D eigenvalue weighted by Gasteiger charge is 2.30. The molecule has 1 aromatic heterocycles. The second-order valence-corrected chi connectivity index (χ2v) is 5.89. The van der Waals surface area contributed by atoms with Crippen molar-refractivity contribution in [2.45, 2.75) is 38.9 Å². The van der Waals surface area contributed by atoms with Crippen LogP contribution in [0.2, 0.25) is 0 Å². The molecule has 23 heavy (non-hydrogen) atoms. The monoisotopic (exact) mass is 331 g/mol. The lowest BCUT2D eigenvalue weighted by atomic mass is 9.93. The number of guanidine groups is 1. The van der Waals surface area contributed by atoms with Crippen LogP contribution in [-0.2, 0) is 0 Å². The summed E-state index contributed by atoms with van der Waals surface area (Å²) >= 11 is 0. The zero-order chi connectivity index (χ0) is 16.9. The van der Waals surface area contributed by atoms with E-state index in [2.05, 4.69) is 26.8 Å². The van der Waals surface area contributed by atoms with Crippen molar-refractivity contribution < 1.29 is 13.2 Å². The van der Waals surface area contributed by atoms with Crippen LogP contribution in [0.15, 0.2) is 23.7 Å². The smallest absolute Gasteiger partial charge is 0.357 e. The standard InChI is InChI=1S/C15H24F3N5/c1-3-20-14(21-6-5-15(16,17)18)22-8-4-12(2)13(10-22)23-9-7-19-11-23/h7,9,11-13H,3-6,8,10H2,1-2H3,(H,20,21). The van der Waals surface area contributed by atoms with Crippen molar-refractivity contribution in [3.8, 4) is 0 Å². The number of nitrogens with one attached hydrogen (secondary N) is 1. The van der Waals surface area contributed by atoms with Gasteiger partial charge in [-0.05, 0) is 19.3 Å². The maximum Gasteiger partial charge on any atom is 0.390 e. The number of likely N-dealkylation sites (tertiary alicyclic amines) is 1. The molecule has 0 bridgehead atoms. The van der Waals surface area contributed by atoms with Gasteiger partial charge in [0, 0.05) is 32.0 Å². The summed E-state index contributed by atoms with van der Waals surface area (Å²) in [5, 5.41) is 3.10. The fourth-order valence-corrected chi connectivity index (χ4v) is 2.81. The highest BCUT2D eigenvalue weighted by Crippen LogP contribution is 2.27. The zero-order valence-electron chi connectivity index (χ0n) is 13.6. The lowest BCUT2D eigenvalue weighted by Crippen LogP contribution is -2.49. The first kappa shape index (κ1) is 17.6. The molecule has 1 fully saturated rings. The van der Waals surface area contributed by atoms with Crippen molar-refractivity contribution >= 4 is 5.96 Å². The molecular formula is C15H24F3N5. The van der Waals surface area contributed by atoms with E-state index in [0.717, 1.165) is 19.5 Å². The molecule has 0 aliphatic carbocycles. The molecule has 2 unspecified atom stereocenters. The van der Waals surface area contributed by atoms with Crippen LogP contribution in [0.5, 0.6) is 0 Å². The van der Waals surface area contributed by atoms with Gasteiger partial charge in [-0.1, -0.05) is 6.92 Å². The van der Waals surface area contributed by atoms with E-state index in [1.165, 1.54) is 0 Å². The number of rotatable bonds is 4. The van der Waals surface area contributed by atoms with Gasteiger partial charge in [0.15, 0.2) is 5.96 Å². The molecule has 130 valence electrons. The minimum atomic E-state index is -4.17. The number of piperidine rings is 1. The summed E-state index contributed by atoms with van der Waals surface area (Å²) in [5.74, 6) is 1.05. The SMILES string of the molecule is CCNC(=NCCC(F)(F)F)N1CCC(C)C(n2ccnc2)C1. The van der Waals surface area contributed by atoms with E-state index in [-0.39, 0.29) is 12.6 Å². The third kappa shape index (κ3) is 5.14. The van der Waals surface area contributed by atoms with Gasteiger partial charge in [0.05, 0.1) is 25.3 Å². The zero-order valence-corrected chi connectivity index (χ0v) is 13.6. The Hall–Kier alpha value is -1.73. The van der Waals surface area contributed by atoms with Gasteiger partial charge in [-0.15, -0.1) is 0 Å². The first-order valence-electron chi connectivity index (χ1n) is 7.98. The maximum absolute atomic E-state index is 12.3. The summed E-state index contributed by atoms with van der Waals surface area (Å²) in [5.41, 5.74) is 0. The van der Waals surface area contributed by atoms with E-state index in [0.29, 0.717) is 18.4 Å². The quantitative estimate of drug-likeness (QED) is 0.681. The summed E-state index contributed by atoms with van der Waals surface area (Å²) in [7, 11) is 0. The summed E-state index contributed by atoms with van der Waals surface area (Å²) in [6.45, 7) is 6.01. The van der Waals surface area contributed by atoms with Crippen molar-refractivity contribution in [2.24, 2.45) is 10.9 Å². The van der Waals surface area contributed by atoms with Gasteiger partial charge in [-0.3, -0.25) is 4.99 Å². The molecule has 1 aliphatic rings. The molecule has 0 radical (unpaired) electrons. The van der Waals surface area contributed by atoms with Gasteiger partial charge in [0.2, 0.25) is 0 Å². The predicted octanol–water partition coefficient (Wildman–Crippen LogP) is 2.68. The topological polar surface area (TPSA) is 45.5 Å². The minimum absolute atomic E-state index is 0.242. The number of alkyl halides is 3. The summed E-state index contributed by atoms with van der Waals surface area (Å²) < 4.78 is 39.0. The molecule has 5 nitrogen and oxygen atoms in total. The Morgan fingerprint density at radius 3 is 2.83 bits per heavy atom. The molecule has 8 heteroatoms. The Morgan fingerprint density at radius 1 is 1.43 bits per heavy atom. The average molecular weight is 331 g/mol. The van der Waals surface area contributed by atoms with E-state index in [4.69, 9.17) is 0 Å². The normalized spacial score (nSPS) is 23.2. The molecule has 0 saturated carbocycles. The Kier molecular flexibility index (Phi) is 5.90. The second kappa shape index (κ2) is 7.70. The van der Waals surface area contributed by atoms with E-state index in [9.17, 15) is 13.2 Å². The molecule has 2 atom stereocenters. The summed E-state index contributed by atoms with van der Waals surface area (Å²) in [6.07, 6.45) is 1.37. The summed E-state index contributed by atoms with van der Waals surface area (Å²) in [6, 6.07) is 0.248. The van der Waals surface area contributed by atoms with Crippen LogP contribution in [0.25, 0.3) is 0 Å². The first-order valence-corrected chi connectivity index (χ1v) is 7.98. The Balaban J connectivity index is 2.05.